The number of anilines is 1. The van der Waals surface area contributed by atoms with Crippen LogP contribution in [0, 0.1) is 0 Å². The normalized spacial score (nSPS) is 15.4. The highest BCUT2D eigenvalue weighted by molar-refractivity contribution is 6.10. The van der Waals surface area contributed by atoms with Crippen molar-refractivity contribution in [3.8, 4) is 44.9 Å². The van der Waals surface area contributed by atoms with Crippen LogP contribution < -0.4 is 10.1 Å². The fourth-order valence-electron chi connectivity index (χ4n) is 8.98. The molecule has 1 atom stereocenters. The number of para-hydroxylation sites is 2. The average molecular weight is 691 g/mol. The van der Waals surface area contributed by atoms with Crippen LogP contribution in [0.5, 0.6) is 11.5 Å². The van der Waals surface area contributed by atoms with Gasteiger partial charge in [-0.05, 0) is 74.3 Å². The molecule has 8 aromatic carbocycles. The zero-order valence-electron chi connectivity index (χ0n) is 29.4. The van der Waals surface area contributed by atoms with Gasteiger partial charge in [0.1, 0.15) is 23.4 Å². The van der Waals surface area contributed by atoms with Crippen molar-refractivity contribution >= 4 is 11.5 Å². The Hall–Kier alpha value is -6.97. The molecular weight excluding hydrogens is 657 g/mol. The molecule has 3 nitrogen and oxygen atoms in total. The molecule has 3 aliphatic rings. The first-order valence-electron chi connectivity index (χ1n) is 18.6. The van der Waals surface area contributed by atoms with Gasteiger partial charge < -0.3 is 10.1 Å². The number of rotatable bonds is 4. The highest BCUT2D eigenvalue weighted by Gasteiger charge is 2.50. The summed E-state index contributed by atoms with van der Waals surface area (Å²) in [6, 6.07) is 69.5. The highest BCUT2D eigenvalue weighted by atomic mass is 16.5. The van der Waals surface area contributed by atoms with Gasteiger partial charge in [0.2, 0.25) is 0 Å². The summed E-state index contributed by atoms with van der Waals surface area (Å²) < 4.78 is 6.78. The van der Waals surface area contributed by atoms with Crippen molar-refractivity contribution in [3.05, 3.63) is 233 Å². The predicted molar refractivity (Wildman–Crippen MR) is 220 cm³/mol. The third-order valence-electron chi connectivity index (χ3n) is 11.4. The first-order chi connectivity index (χ1) is 26.8. The van der Waals surface area contributed by atoms with Crippen LogP contribution in [-0.2, 0) is 5.41 Å². The van der Waals surface area contributed by atoms with Crippen LogP contribution in [0.4, 0.5) is 5.69 Å². The number of benzene rings is 8. The zero-order valence-corrected chi connectivity index (χ0v) is 29.4. The van der Waals surface area contributed by atoms with E-state index in [0.29, 0.717) is 0 Å². The van der Waals surface area contributed by atoms with Gasteiger partial charge in [0.15, 0.2) is 0 Å². The summed E-state index contributed by atoms with van der Waals surface area (Å²) in [5.41, 5.74) is 16.2. The summed E-state index contributed by atoms with van der Waals surface area (Å²) in [6.07, 6.45) is 0. The molecule has 1 unspecified atom stereocenters. The zero-order chi connectivity index (χ0) is 35.6. The van der Waals surface area contributed by atoms with Gasteiger partial charge >= 0.3 is 0 Å². The maximum absolute atomic E-state index is 6.78. The Morgan fingerprint density at radius 3 is 1.78 bits per heavy atom. The first-order valence-corrected chi connectivity index (χ1v) is 18.6. The van der Waals surface area contributed by atoms with E-state index in [4.69, 9.17) is 9.73 Å². The van der Waals surface area contributed by atoms with E-state index in [1.165, 1.54) is 44.5 Å². The molecule has 0 bridgehead atoms. The van der Waals surface area contributed by atoms with Crippen LogP contribution in [-0.4, -0.2) is 5.84 Å². The van der Waals surface area contributed by atoms with Crippen LogP contribution in [0.15, 0.2) is 199 Å². The number of nitrogens with zero attached hydrogens (tertiary/aromatic N) is 1. The van der Waals surface area contributed by atoms with Crippen LogP contribution in [0.25, 0.3) is 33.4 Å². The maximum atomic E-state index is 6.78. The molecule has 0 amide bonds. The number of amidine groups is 1. The number of hydrogen-bond acceptors (Lipinski definition) is 3. The molecule has 54 heavy (non-hydrogen) atoms. The molecule has 11 rings (SSSR count). The Morgan fingerprint density at radius 1 is 0.426 bits per heavy atom. The standard InChI is InChI=1S/C51H34N2O/c1-2-13-34(14-3-1)49-41-19-6-10-23-46(41)52-50(53-49)35-27-25-33(26-28-35)36-15-12-16-37(31-36)38-29-30-45-48(32-38)54-47-24-11-9-22-44(47)51(45)42-20-7-4-17-39(42)40-18-5-8-21-43(40)51/h1-32,49H,(H,52,53). The molecular formula is C51H34N2O. The summed E-state index contributed by atoms with van der Waals surface area (Å²) in [5.74, 6) is 2.67. The van der Waals surface area contributed by atoms with Crippen molar-refractivity contribution < 1.29 is 4.74 Å². The van der Waals surface area contributed by atoms with E-state index in [0.717, 1.165) is 50.8 Å². The number of fused-ring (bicyclic) bond motifs is 10. The molecule has 0 fully saturated rings. The molecule has 0 radical (unpaired) electrons. The van der Waals surface area contributed by atoms with Crippen molar-refractivity contribution in [2.75, 3.05) is 5.32 Å². The lowest BCUT2D eigenvalue weighted by atomic mass is 9.66. The van der Waals surface area contributed by atoms with Gasteiger partial charge in [0.05, 0.1) is 5.41 Å². The van der Waals surface area contributed by atoms with Crippen LogP contribution in [0.1, 0.15) is 45.0 Å². The third kappa shape index (κ3) is 4.58. The second-order valence-corrected chi connectivity index (χ2v) is 14.3. The molecule has 2 heterocycles. The van der Waals surface area contributed by atoms with Crippen molar-refractivity contribution in [2.45, 2.75) is 11.5 Å². The molecule has 8 aromatic rings. The number of ether oxygens (including phenoxy) is 1. The van der Waals surface area contributed by atoms with E-state index in [1.807, 2.05) is 0 Å². The Labute approximate surface area is 314 Å². The van der Waals surface area contributed by atoms with Crippen molar-refractivity contribution in [3.63, 3.8) is 0 Å². The Kier molecular flexibility index (Phi) is 6.83. The second-order valence-electron chi connectivity index (χ2n) is 14.3. The largest absolute Gasteiger partial charge is 0.457 e. The number of aliphatic imine (C=N–C) groups is 1. The summed E-state index contributed by atoms with van der Waals surface area (Å²) in [5, 5.41) is 3.60. The van der Waals surface area contributed by atoms with Gasteiger partial charge in [-0.15, -0.1) is 0 Å². The minimum atomic E-state index is -0.458. The van der Waals surface area contributed by atoms with Gasteiger partial charge in [-0.25, -0.2) is 0 Å². The quantitative estimate of drug-likeness (QED) is 0.199. The van der Waals surface area contributed by atoms with E-state index in [9.17, 15) is 0 Å². The van der Waals surface area contributed by atoms with Gasteiger partial charge in [0, 0.05) is 27.9 Å². The lowest BCUT2D eigenvalue weighted by molar-refractivity contribution is 0.436. The second kappa shape index (κ2) is 12.0. The van der Waals surface area contributed by atoms with E-state index in [1.54, 1.807) is 0 Å². The monoisotopic (exact) mass is 690 g/mol. The molecule has 0 saturated carbocycles. The fraction of sp³-hybridized carbons (Fsp3) is 0.0392. The van der Waals surface area contributed by atoms with Crippen molar-refractivity contribution in [1.82, 2.24) is 0 Å². The van der Waals surface area contributed by atoms with Crippen LogP contribution in [0.2, 0.25) is 0 Å². The smallest absolute Gasteiger partial charge is 0.133 e. The molecule has 254 valence electrons. The van der Waals surface area contributed by atoms with Crippen molar-refractivity contribution in [2.24, 2.45) is 4.99 Å². The van der Waals surface area contributed by atoms with E-state index in [2.05, 4.69) is 199 Å². The molecule has 0 saturated heterocycles. The lowest BCUT2D eigenvalue weighted by Crippen LogP contribution is -2.32. The predicted octanol–water partition coefficient (Wildman–Crippen LogP) is 12.5. The van der Waals surface area contributed by atoms with Crippen LogP contribution >= 0.6 is 0 Å². The number of nitrogens with one attached hydrogen (secondary N) is 1. The Bertz CT molecular complexity index is 2740. The molecule has 2 aliphatic heterocycles. The molecule has 1 N–H and O–H groups in total. The average Bonchev–Trinajstić information content (AvgIpc) is 3.54. The van der Waals surface area contributed by atoms with E-state index >= 15 is 0 Å². The highest BCUT2D eigenvalue weighted by Crippen LogP contribution is 2.62. The molecule has 1 aliphatic carbocycles. The Morgan fingerprint density at radius 2 is 1.00 bits per heavy atom. The van der Waals surface area contributed by atoms with E-state index < -0.39 is 5.41 Å². The minimum Gasteiger partial charge on any atom is -0.457 e. The van der Waals surface area contributed by atoms with Crippen LogP contribution in [0.3, 0.4) is 0 Å². The van der Waals surface area contributed by atoms with Gasteiger partial charge in [0.25, 0.3) is 0 Å². The summed E-state index contributed by atoms with van der Waals surface area (Å²) in [4.78, 5) is 5.21. The molecule has 1 spiro atoms. The number of hydrogen-bond donors (Lipinski definition) is 1. The summed E-state index contributed by atoms with van der Waals surface area (Å²) in [7, 11) is 0. The molecule has 3 heteroatoms. The van der Waals surface area contributed by atoms with Gasteiger partial charge in [-0.3, -0.25) is 4.99 Å². The van der Waals surface area contributed by atoms with E-state index in [-0.39, 0.29) is 6.04 Å². The summed E-state index contributed by atoms with van der Waals surface area (Å²) in [6.45, 7) is 0. The summed E-state index contributed by atoms with van der Waals surface area (Å²) >= 11 is 0. The fourth-order valence-corrected chi connectivity index (χ4v) is 8.98. The topological polar surface area (TPSA) is 33.6 Å². The Balaban J connectivity index is 0.956. The SMILES string of the molecule is c1ccc(C2N=C(c3ccc(-c4cccc(-c5ccc6c(c5)Oc5ccccc5C65c6ccccc6-c6ccccc65)c4)cc3)Nc3ccccc32)cc1. The first kappa shape index (κ1) is 30.6. The maximum Gasteiger partial charge on any atom is 0.133 e. The third-order valence-corrected chi connectivity index (χ3v) is 11.4. The van der Waals surface area contributed by atoms with Gasteiger partial charge in [-0.2, -0.15) is 0 Å². The minimum absolute atomic E-state index is 0.0582. The molecule has 0 aromatic heterocycles. The van der Waals surface area contributed by atoms with Gasteiger partial charge in [-0.1, -0.05) is 170 Å². The van der Waals surface area contributed by atoms with Crippen molar-refractivity contribution in [1.29, 1.82) is 0 Å². The lowest BCUT2D eigenvalue weighted by Gasteiger charge is -2.39.